The van der Waals surface area contributed by atoms with Crippen molar-refractivity contribution in [2.45, 2.75) is 4.90 Å². The van der Waals surface area contributed by atoms with Gasteiger partial charge in [-0.25, -0.2) is 13.4 Å². The standard InChI is InChI=1S/C17H15N3O3S/c1-24(22,23)13-6-4-11(5-7-13)15(16(18)21)9-12-10-20-17-14(12)3-2-8-19-17/h2-10H,1H3,(H2,18,21)(H,19,20)/b15-9-. The number of carbonyl (C=O) groups excluding carboxylic acids is 1. The second-order valence-corrected chi connectivity index (χ2v) is 7.38. The molecular weight excluding hydrogens is 326 g/mol. The molecule has 0 unspecified atom stereocenters. The first-order chi connectivity index (χ1) is 11.4. The zero-order valence-corrected chi connectivity index (χ0v) is 13.7. The van der Waals surface area contributed by atoms with Gasteiger partial charge in [0.15, 0.2) is 9.84 Å². The van der Waals surface area contributed by atoms with Crippen LogP contribution in [0.15, 0.2) is 53.7 Å². The Balaban J connectivity index is 2.09. The largest absolute Gasteiger partial charge is 0.366 e. The predicted octanol–water partition coefficient (Wildman–Crippen LogP) is 1.99. The predicted molar refractivity (Wildman–Crippen MR) is 92.7 cm³/mol. The van der Waals surface area contributed by atoms with Crippen LogP contribution >= 0.6 is 0 Å². The molecule has 3 aromatic rings. The summed E-state index contributed by atoms with van der Waals surface area (Å²) in [6.45, 7) is 0. The van der Waals surface area contributed by atoms with E-state index in [4.69, 9.17) is 5.73 Å². The zero-order valence-electron chi connectivity index (χ0n) is 12.9. The van der Waals surface area contributed by atoms with Gasteiger partial charge in [0.25, 0.3) is 0 Å². The van der Waals surface area contributed by atoms with Crippen molar-refractivity contribution in [1.82, 2.24) is 9.97 Å². The Morgan fingerprint density at radius 1 is 1.21 bits per heavy atom. The third-order valence-electron chi connectivity index (χ3n) is 3.64. The maximum atomic E-state index is 11.9. The highest BCUT2D eigenvalue weighted by Gasteiger charge is 2.12. The molecule has 0 spiro atoms. The molecule has 24 heavy (non-hydrogen) atoms. The minimum Gasteiger partial charge on any atom is -0.366 e. The lowest BCUT2D eigenvalue weighted by Gasteiger charge is -2.05. The van der Waals surface area contributed by atoms with E-state index in [1.807, 2.05) is 6.07 Å². The molecule has 1 amide bonds. The van der Waals surface area contributed by atoms with E-state index in [0.29, 0.717) is 16.8 Å². The van der Waals surface area contributed by atoms with Crippen molar-refractivity contribution in [3.8, 4) is 0 Å². The molecule has 122 valence electrons. The Morgan fingerprint density at radius 3 is 2.54 bits per heavy atom. The van der Waals surface area contributed by atoms with Crippen LogP contribution in [0.1, 0.15) is 11.1 Å². The maximum absolute atomic E-state index is 11.9. The molecule has 0 aliphatic heterocycles. The Hall–Kier alpha value is -2.93. The van der Waals surface area contributed by atoms with Crippen LogP contribution in [0, 0.1) is 0 Å². The van der Waals surface area contributed by atoms with Gasteiger partial charge in [0.05, 0.1) is 4.90 Å². The molecular formula is C17H15N3O3S. The van der Waals surface area contributed by atoms with Gasteiger partial charge in [0, 0.05) is 35.2 Å². The number of sulfone groups is 1. The van der Waals surface area contributed by atoms with Crippen molar-refractivity contribution in [2.24, 2.45) is 5.73 Å². The number of amides is 1. The third kappa shape index (κ3) is 3.07. The second-order valence-electron chi connectivity index (χ2n) is 5.36. The SMILES string of the molecule is CS(=O)(=O)c1ccc(/C(=C/c2c[nH]c3ncccc23)C(N)=O)cc1. The number of primary amides is 1. The molecule has 0 atom stereocenters. The summed E-state index contributed by atoms with van der Waals surface area (Å²) in [5.74, 6) is -0.597. The lowest BCUT2D eigenvalue weighted by Crippen LogP contribution is -2.13. The Labute approximate surface area is 138 Å². The normalized spacial score (nSPS) is 12.5. The smallest absolute Gasteiger partial charge is 0.249 e. The fourth-order valence-corrected chi connectivity index (χ4v) is 3.06. The van der Waals surface area contributed by atoms with Crippen molar-refractivity contribution >= 4 is 38.4 Å². The van der Waals surface area contributed by atoms with Gasteiger partial charge >= 0.3 is 0 Å². The fraction of sp³-hybridized carbons (Fsp3) is 0.0588. The van der Waals surface area contributed by atoms with Gasteiger partial charge in [0.1, 0.15) is 5.65 Å². The number of benzene rings is 1. The van der Waals surface area contributed by atoms with E-state index in [1.54, 1.807) is 36.7 Å². The van der Waals surface area contributed by atoms with E-state index in [1.165, 1.54) is 12.1 Å². The number of nitrogens with one attached hydrogen (secondary N) is 1. The molecule has 0 radical (unpaired) electrons. The summed E-state index contributed by atoms with van der Waals surface area (Å²) in [7, 11) is -3.29. The van der Waals surface area contributed by atoms with E-state index >= 15 is 0 Å². The first kappa shape index (κ1) is 15.9. The number of H-pyrrole nitrogens is 1. The van der Waals surface area contributed by atoms with Crippen LogP contribution in [0.5, 0.6) is 0 Å². The molecule has 2 aromatic heterocycles. The van der Waals surface area contributed by atoms with Crippen LogP contribution in [0.3, 0.4) is 0 Å². The monoisotopic (exact) mass is 341 g/mol. The average Bonchev–Trinajstić information content (AvgIpc) is 2.95. The number of aromatic nitrogens is 2. The maximum Gasteiger partial charge on any atom is 0.249 e. The number of aromatic amines is 1. The molecule has 0 aliphatic carbocycles. The van der Waals surface area contributed by atoms with Gasteiger partial charge in [0.2, 0.25) is 5.91 Å². The fourth-order valence-electron chi connectivity index (χ4n) is 2.43. The molecule has 0 saturated heterocycles. The highest BCUT2D eigenvalue weighted by Crippen LogP contribution is 2.24. The third-order valence-corrected chi connectivity index (χ3v) is 4.77. The van der Waals surface area contributed by atoms with Crippen molar-refractivity contribution < 1.29 is 13.2 Å². The first-order valence-electron chi connectivity index (χ1n) is 7.10. The summed E-state index contributed by atoms with van der Waals surface area (Å²) in [6, 6.07) is 9.74. The lowest BCUT2D eigenvalue weighted by molar-refractivity contribution is -0.112. The number of rotatable bonds is 4. The Morgan fingerprint density at radius 2 is 1.92 bits per heavy atom. The molecule has 0 fully saturated rings. The second kappa shape index (κ2) is 5.93. The summed E-state index contributed by atoms with van der Waals surface area (Å²) in [4.78, 5) is 19.3. The summed E-state index contributed by atoms with van der Waals surface area (Å²) < 4.78 is 23.1. The molecule has 1 aromatic carbocycles. The molecule has 7 heteroatoms. The Bertz CT molecular complexity index is 1050. The van der Waals surface area contributed by atoms with E-state index in [-0.39, 0.29) is 4.90 Å². The van der Waals surface area contributed by atoms with Crippen LogP contribution in [0.4, 0.5) is 0 Å². The average molecular weight is 341 g/mol. The van der Waals surface area contributed by atoms with E-state index < -0.39 is 15.7 Å². The highest BCUT2D eigenvalue weighted by molar-refractivity contribution is 7.90. The van der Waals surface area contributed by atoms with Gasteiger partial charge < -0.3 is 10.7 Å². The molecule has 0 bridgehead atoms. The van der Waals surface area contributed by atoms with Crippen LogP contribution in [0.25, 0.3) is 22.7 Å². The van der Waals surface area contributed by atoms with Gasteiger partial charge in [-0.3, -0.25) is 4.79 Å². The van der Waals surface area contributed by atoms with Crippen molar-refractivity contribution in [2.75, 3.05) is 6.26 Å². The van der Waals surface area contributed by atoms with Gasteiger partial charge in [-0.1, -0.05) is 12.1 Å². The first-order valence-corrected chi connectivity index (χ1v) is 8.99. The minimum absolute atomic E-state index is 0.186. The van der Waals surface area contributed by atoms with Gasteiger partial charge in [-0.05, 0) is 35.9 Å². The van der Waals surface area contributed by atoms with Crippen molar-refractivity contribution in [1.29, 1.82) is 0 Å². The van der Waals surface area contributed by atoms with Gasteiger partial charge in [-0.15, -0.1) is 0 Å². The number of nitrogens with zero attached hydrogens (tertiary/aromatic N) is 1. The molecule has 3 N–H and O–H groups in total. The van der Waals surface area contributed by atoms with Crippen LogP contribution in [-0.2, 0) is 14.6 Å². The van der Waals surface area contributed by atoms with E-state index in [0.717, 1.165) is 17.2 Å². The van der Waals surface area contributed by atoms with E-state index in [9.17, 15) is 13.2 Å². The number of hydrogen-bond donors (Lipinski definition) is 2. The molecule has 2 heterocycles. The minimum atomic E-state index is -3.29. The quantitative estimate of drug-likeness (QED) is 0.708. The number of fused-ring (bicyclic) bond motifs is 1. The molecule has 0 aliphatic rings. The summed E-state index contributed by atoms with van der Waals surface area (Å²) in [5.41, 5.74) is 7.83. The lowest BCUT2D eigenvalue weighted by atomic mass is 10.0. The highest BCUT2D eigenvalue weighted by atomic mass is 32.2. The van der Waals surface area contributed by atoms with Crippen LogP contribution in [-0.4, -0.2) is 30.5 Å². The zero-order chi connectivity index (χ0) is 17.3. The summed E-state index contributed by atoms with van der Waals surface area (Å²) in [6.07, 6.45) is 6.21. The number of carbonyl (C=O) groups is 1. The van der Waals surface area contributed by atoms with Crippen LogP contribution < -0.4 is 5.73 Å². The topological polar surface area (TPSA) is 106 Å². The van der Waals surface area contributed by atoms with E-state index in [2.05, 4.69) is 9.97 Å². The summed E-state index contributed by atoms with van der Waals surface area (Å²) >= 11 is 0. The number of pyridine rings is 1. The molecule has 3 rings (SSSR count). The number of hydrogen-bond acceptors (Lipinski definition) is 4. The van der Waals surface area contributed by atoms with Crippen molar-refractivity contribution in [3.05, 3.63) is 59.9 Å². The molecule has 6 nitrogen and oxygen atoms in total. The number of nitrogens with two attached hydrogens (primary N) is 1. The van der Waals surface area contributed by atoms with Crippen molar-refractivity contribution in [3.63, 3.8) is 0 Å². The molecule has 0 saturated carbocycles. The Kier molecular flexibility index (Phi) is 3.94. The van der Waals surface area contributed by atoms with Gasteiger partial charge in [-0.2, -0.15) is 0 Å². The summed E-state index contributed by atoms with van der Waals surface area (Å²) in [5, 5.41) is 0.865. The van der Waals surface area contributed by atoms with Crippen LogP contribution in [0.2, 0.25) is 0 Å².